The Kier molecular flexibility index (Phi) is 7.69. The van der Waals surface area contributed by atoms with Gasteiger partial charge in [0.25, 0.3) is 0 Å². The largest absolute Gasteiger partial charge is 0.373 e. The Morgan fingerprint density at radius 1 is 1.06 bits per heavy atom. The molecule has 1 aromatic heterocycles. The predicted molar refractivity (Wildman–Crippen MR) is 134 cm³/mol. The van der Waals surface area contributed by atoms with Gasteiger partial charge in [0.15, 0.2) is 0 Å². The fourth-order valence-electron chi connectivity index (χ4n) is 3.82. The summed E-state index contributed by atoms with van der Waals surface area (Å²) in [5, 5.41) is 6.25. The summed E-state index contributed by atoms with van der Waals surface area (Å²) in [7, 11) is 0. The highest BCUT2D eigenvalue weighted by molar-refractivity contribution is 5.93. The zero-order chi connectivity index (χ0) is 23.9. The van der Waals surface area contributed by atoms with Crippen molar-refractivity contribution >= 4 is 29.2 Å². The van der Waals surface area contributed by atoms with Gasteiger partial charge in [0.1, 0.15) is 6.33 Å². The van der Waals surface area contributed by atoms with Crippen LogP contribution in [0.4, 0.5) is 23.3 Å². The SMILES string of the molecule is Cc1c(NC(=O)C(C)C)cccc1Nc1ncnc(N2CCC(OCc3ccccc3)CC2)n1. The fraction of sp³-hybridized carbons (Fsp3) is 0.385. The molecule has 34 heavy (non-hydrogen) atoms. The maximum atomic E-state index is 12.1. The van der Waals surface area contributed by atoms with E-state index in [1.165, 1.54) is 11.9 Å². The molecule has 0 unspecified atom stereocenters. The van der Waals surface area contributed by atoms with Crippen molar-refractivity contribution in [2.45, 2.75) is 46.3 Å². The maximum absolute atomic E-state index is 12.1. The summed E-state index contributed by atoms with van der Waals surface area (Å²) >= 11 is 0. The summed E-state index contributed by atoms with van der Waals surface area (Å²) in [5.74, 6) is 1.03. The average Bonchev–Trinajstić information content (AvgIpc) is 2.86. The van der Waals surface area contributed by atoms with Gasteiger partial charge in [0.05, 0.1) is 12.7 Å². The van der Waals surface area contributed by atoms with Crippen LogP contribution in [-0.2, 0) is 16.1 Å². The molecule has 8 nitrogen and oxygen atoms in total. The summed E-state index contributed by atoms with van der Waals surface area (Å²) in [4.78, 5) is 27.6. The molecular weight excluding hydrogens is 428 g/mol. The molecule has 0 bridgehead atoms. The Morgan fingerprint density at radius 3 is 2.53 bits per heavy atom. The zero-order valence-electron chi connectivity index (χ0n) is 20.0. The molecule has 0 radical (unpaired) electrons. The molecule has 8 heteroatoms. The third kappa shape index (κ3) is 6.08. The van der Waals surface area contributed by atoms with Crippen LogP contribution in [-0.4, -0.2) is 40.1 Å². The minimum atomic E-state index is -0.0880. The van der Waals surface area contributed by atoms with Crippen molar-refractivity contribution < 1.29 is 9.53 Å². The summed E-state index contributed by atoms with van der Waals surface area (Å²) in [5.41, 5.74) is 3.73. The lowest BCUT2D eigenvalue weighted by molar-refractivity contribution is -0.118. The highest BCUT2D eigenvalue weighted by Crippen LogP contribution is 2.26. The van der Waals surface area contributed by atoms with Crippen LogP contribution in [0.25, 0.3) is 0 Å². The average molecular weight is 461 g/mol. The van der Waals surface area contributed by atoms with Gasteiger partial charge in [-0.2, -0.15) is 4.98 Å². The fourth-order valence-corrected chi connectivity index (χ4v) is 3.82. The number of anilines is 4. The number of rotatable bonds is 8. The van der Waals surface area contributed by atoms with Gasteiger partial charge in [0, 0.05) is 30.4 Å². The summed E-state index contributed by atoms with van der Waals surface area (Å²) in [6.07, 6.45) is 3.63. The van der Waals surface area contributed by atoms with Crippen molar-refractivity contribution in [2.24, 2.45) is 5.92 Å². The third-order valence-corrected chi connectivity index (χ3v) is 5.97. The van der Waals surface area contributed by atoms with Crippen LogP contribution in [0.5, 0.6) is 0 Å². The van der Waals surface area contributed by atoms with Crippen molar-refractivity contribution in [3.05, 3.63) is 66.0 Å². The first-order valence-corrected chi connectivity index (χ1v) is 11.8. The second-order valence-electron chi connectivity index (χ2n) is 8.84. The van der Waals surface area contributed by atoms with Crippen molar-refractivity contribution in [1.82, 2.24) is 15.0 Å². The molecule has 2 N–H and O–H groups in total. The van der Waals surface area contributed by atoms with E-state index in [4.69, 9.17) is 4.74 Å². The van der Waals surface area contributed by atoms with E-state index in [0.717, 1.165) is 42.9 Å². The van der Waals surface area contributed by atoms with E-state index < -0.39 is 0 Å². The summed E-state index contributed by atoms with van der Waals surface area (Å²) < 4.78 is 6.10. The number of nitrogens with zero attached hydrogens (tertiary/aromatic N) is 4. The highest BCUT2D eigenvalue weighted by atomic mass is 16.5. The first-order valence-electron chi connectivity index (χ1n) is 11.8. The maximum Gasteiger partial charge on any atom is 0.232 e. The van der Waals surface area contributed by atoms with Gasteiger partial charge in [-0.25, -0.2) is 9.97 Å². The van der Waals surface area contributed by atoms with Gasteiger partial charge < -0.3 is 20.3 Å². The number of ether oxygens (including phenoxy) is 1. The molecule has 4 rings (SSSR count). The van der Waals surface area contributed by atoms with Gasteiger partial charge in [-0.15, -0.1) is 0 Å². The van der Waals surface area contributed by atoms with Crippen LogP contribution in [0.2, 0.25) is 0 Å². The lowest BCUT2D eigenvalue weighted by Gasteiger charge is -2.32. The second kappa shape index (κ2) is 11.1. The van der Waals surface area contributed by atoms with E-state index >= 15 is 0 Å². The molecule has 2 heterocycles. The summed E-state index contributed by atoms with van der Waals surface area (Å²) in [6, 6.07) is 16.0. The Morgan fingerprint density at radius 2 is 1.79 bits per heavy atom. The van der Waals surface area contributed by atoms with Crippen molar-refractivity contribution in [3.63, 3.8) is 0 Å². The number of carbonyl (C=O) groups excluding carboxylic acids is 1. The summed E-state index contributed by atoms with van der Waals surface area (Å²) in [6.45, 7) is 8.01. The van der Waals surface area contributed by atoms with E-state index in [9.17, 15) is 4.79 Å². The molecule has 0 spiro atoms. The molecule has 1 amide bonds. The Labute approximate surface area is 200 Å². The predicted octanol–water partition coefficient (Wildman–Crippen LogP) is 4.70. The minimum absolute atomic E-state index is 0.0150. The highest BCUT2D eigenvalue weighted by Gasteiger charge is 2.22. The van der Waals surface area contributed by atoms with E-state index in [2.05, 4.69) is 42.6 Å². The van der Waals surface area contributed by atoms with Crippen LogP contribution in [0, 0.1) is 12.8 Å². The molecule has 1 saturated heterocycles. The number of nitrogens with one attached hydrogen (secondary N) is 2. The van der Waals surface area contributed by atoms with Crippen LogP contribution in [0.15, 0.2) is 54.9 Å². The third-order valence-electron chi connectivity index (χ3n) is 5.97. The number of hydrogen-bond acceptors (Lipinski definition) is 7. The van der Waals surface area contributed by atoms with Gasteiger partial charge in [-0.3, -0.25) is 4.79 Å². The van der Waals surface area contributed by atoms with Crippen LogP contribution < -0.4 is 15.5 Å². The van der Waals surface area contributed by atoms with Crippen LogP contribution in [0.1, 0.15) is 37.8 Å². The number of hydrogen-bond donors (Lipinski definition) is 2. The first kappa shape index (κ1) is 23.6. The molecule has 0 saturated carbocycles. The number of piperidine rings is 1. The molecular formula is C26H32N6O2. The Hall–Kier alpha value is -3.52. The lowest BCUT2D eigenvalue weighted by Crippen LogP contribution is -2.38. The zero-order valence-corrected chi connectivity index (χ0v) is 20.0. The molecule has 178 valence electrons. The number of aromatic nitrogens is 3. The molecule has 0 atom stereocenters. The van der Waals surface area contributed by atoms with Gasteiger partial charge in [-0.05, 0) is 43.0 Å². The topological polar surface area (TPSA) is 92.3 Å². The monoisotopic (exact) mass is 460 g/mol. The normalized spacial score (nSPS) is 14.3. The minimum Gasteiger partial charge on any atom is -0.373 e. The molecule has 3 aromatic rings. The van der Waals surface area contributed by atoms with Crippen molar-refractivity contribution in [3.8, 4) is 0 Å². The van der Waals surface area contributed by atoms with Crippen LogP contribution >= 0.6 is 0 Å². The Balaban J connectivity index is 1.35. The van der Waals surface area contributed by atoms with Crippen molar-refractivity contribution in [2.75, 3.05) is 28.6 Å². The molecule has 1 aliphatic rings. The lowest BCUT2D eigenvalue weighted by atomic mass is 10.1. The molecule has 1 aliphatic heterocycles. The molecule has 1 fully saturated rings. The molecule has 0 aliphatic carbocycles. The van der Waals surface area contributed by atoms with E-state index in [1.54, 1.807) is 0 Å². The Bertz CT molecular complexity index is 1100. The first-order chi connectivity index (χ1) is 16.5. The molecule has 2 aromatic carbocycles. The smallest absolute Gasteiger partial charge is 0.232 e. The quantitative estimate of drug-likeness (QED) is 0.503. The van der Waals surface area contributed by atoms with Crippen molar-refractivity contribution in [1.29, 1.82) is 0 Å². The van der Waals surface area contributed by atoms with Gasteiger partial charge in [0.2, 0.25) is 17.8 Å². The van der Waals surface area contributed by atoms with Gasteiger partial charge in [-0.1, -0.05) is 50.2 Å². The number of amides is 1. The number of benzene rings is 2. The van der Waals surface area contributed by atoms with E-state index in [0.29, 0.717) is 18.5 Å². The van der Waals surface area contributed by atoms with E-state index in [-0.39, 0.29) is 17.9 Å². The number of carbonyl (C=O) groups is 1. The van der Waals surface area contributed by atoms with Gasteiger partial charge >= 0.3 is 0 Å². The second-order valence-corrected chi connectivity index (χ2v) is 8.84. The standard InChI is InChI=1S/C26H32N6O2/c1-18(2)24(33)29-22-10-7-11-23(19(22)3)30-25-27-17-28-26(31-25)32-14-12-21(13-15-32)34-16-20-8-5-4-6-9-20/h4-11,17-18,21H,12-16H2,1-3H3,(H,29,33)(H,27,28,30,31). The van der Waals surface area contributed by atoms with Crippen LogP contribution in [0.3, 0.4) is 0 Å². The van der Waals surface area contributed by atoms with E-state index in [1.807, 2.05) is 57.2 Å².